The summed E-state index contributed by atoms with van der Waals surface area (Å²) in [5.74, 6) is 0.887. The highest BCUT2D eigenvalue weighted by atomic mass is 16.5. The Hall–Kier alpha value is -1.07. The number of ether oxygens (including phenoxy) is 2. The molecule has 0 saturated heterocycles. The van der Waals surface area contributed by atoms with Gasteiger partial charge in [0.2, 0.25) is 0 Å². The Labute approximate surface area is 90.4 Å². The quantitative estimate of drug-likeness (QED) is 0.651. The van der Waals surface area contributed by atoms with Crippen molar-refractivity contribution in [1.82, 2.24) is 9.78 Å². The smallest absolute Gasteiger partial charge is 0.148 e. The molecule has 0 aromatic carbocycles. The van der Waals surface area contributed by atoms with E-state index in [2.05, 4.69) is 10.4 Å². The van der Waals surface area contributed by atoms with Crippen molar-refractivity contribution in [3.8, 4) is 0 Å². The Morgan fingerprint density at radius 2 is 2.27 bits per heavy atom. The van der Waals surface area contributed by atoms with Crippen molar-refractivity contribution in [3.63, 3.8) is 0 Å². The molecule has 0 radical (unpaired) electrons. The van der Waals surface area contributed by atoms with Gasteiger partial charge in [-0.15, -0.1) is 0 Å². The number of methoxy groups -OCH3 is 1. The highest BCUT2D eigenvalue weighted by Crippen LogP contribution is 1.99. The number of nitrogens with zero attached hydrogens (tertiary/aromatic N) is 2. The molecule has 1 heterocycles. The summed E-state index contributed by atoms with van der Waals surface area (Å²) in [5.41, 5.74) is 0. The fourth-order valence-electron chi connectivity index (χ4n) is 1.17. The molecule has 0 aliphatic rings. The first-order chi connectivity index (χ1) is 7.33. The van der Waals surface area contributed by atoms with Crippen LogP contribution >= 0.6 is 0 Å². The first-order valence-electron chi connectivity index (χ1n) is 5.13. The monoisotopic (exact) mass is 213 g/mol. The van der Waals surface area contributed by atoms with Gasteiger partial charge in [0.05, 0.1) is 6.61 Å². The Balaban J connectivity index is 1.93. The highest BCUT2D eigenvalue weighted by Gasteiger charge is 1.94. The first-order valence-corrected chi connectivity index (χ1v) is 5.13. The van der Waals surface area contributed by atoms with Crippen molar-refractivity contribution < 1.29 is 9.47 Å². The van der Waals surface area contributed by atoms with Crippen LogP contribution in [0.3, 0.4) is 0 Å². The van der Waals surface area contributed by atoms with Crippen LogP contribution in [-0.4, -0.2) is 43.3 Å². The zero-order chi connectivity index (χ0) is 10.9. The second kappa shape index (κ2) is 7.25. The molecule has 0 atom stereocenters. The van der Waals surface area contributed by atoms with Crippen LogP contribution in [0.25, 0.3) is 0 Å². The number of aryl methyl sites for hydroxylation is 1. The molecule has 0 aliphatic heterocycles. The van der Waals surface area contributed by atoms with Gasteiger partial charge in [0, 0.05) is 46.2 Å². The SMILES string of the molecule is COCCCOCCNc1ccn(C)n1. The van der Waals surface area contributed by atoms with Gasteiger partial charge in [-0.25, -0.2) is 0 Å². The van der Waals surface area contributed by atoms with E-state index in [-0.39, 0.29) is 0 Å². The van der Waals surface area contributed by atoms with Crippen LogP contribution in [0.2, 0.25) is 0 Å². The van der Waals surface area contributed by atoms with Gasteiger partial charge in [0.15, 0.2) is 0 Å². The topological polar surface area (TPSA) is 48.3 Å². The summed E-state index contributed by atoms with van der Waals surface area (Å²) >= 11 is 0. The van der Waals surface area contributed by atoms with E-state index in [9.17, 15) is 0 Å². The van der Waals surface area contributed by atoms with Crippen LogP contribution in [0, 0.1) is 0 Å². The predicted octanol–water partition coefficient (Wildman–Crippen LogP) is 0.885. The van der Waals surface area contributed by atoms with Crippen molar-refractivity contribution in [2.24, 2.45) is 7.05 Å². The Morgan fingerprint density at radius 3 is 2.93 bits per heavy atom. The van der Waals surface area contributed by atoms with Crippen LogP contribution in [0.4, 0.5) is 5.82 Å². The number of rotatable bonds is 8. The standard InChI is InChI=1S/C10H19N3O2/c1-13-6-4-10(12-13)11-5-9-15-8-3-7-14-2/h4,6H,3,5,7-9H2,1-2H3,(H,11,12). The van der Waals surface area contributed by atoms with E-state index >= 15 is 0 Å². The summed E-state index contributed by atoms with van der Waals surface area (Å²) in [6, 6.07) is 1.94. The van der Waals surface area contributed by atoms with Gasteiger partial charge in [0.25, 0.3) is 0 Å². The molecular weight excluding hydrogens is 194 g/mol. The van der Waals surface area contributed by atoms with Gasteiger partial charge in [0.1, 0.15) is 5.82 Å². The molecule has 1 N–H and O–H groups in total. The fraction of sp³-hybridized carbons (Fsp3) is 0.700. The van der Waals surface area contributed by atoms with Gasteiger partial charge in [-0.05, 0) is 6.42 Å². The normalized spacial score (nSPS) is 10.5. The third-order valence-electron chi connectivity index (χ3n) is 1.90. The molecule has 0 bridgehead atoms. The maximum absolute atomic E-state index is 5.39. The third kappa shape index (κ3) is 5.39. The van der Waals surface area contributed by atoms with Crippen LogP contribution in [0.5, 0.6) is 0 Å². The molecule has 0 unspecified atom stereocenters. The molecule has 1 aromatic heterocycles. The zero-order valence-corrected chi connectivity index (χ0v) is 9.40. The summed E-state index contributed by atoms with van der Waals surface area (Å²) in [6.07, 6.45) is 2.85. The van der Waals surface area contributed by atoms with E-state index in [0.29, 0.717) is 6.61 Å². The van der Waals surface area contributed by atoms with Crippen molar-refractivity contribution >= 4 is 5.82 Å². The Kier molecular flexibility index (Phi) is 5.80. The number of aromatic nitrogens is 2. The van der Waals surface area contributed by atoms with Crippen molar-refractivity contribution in [1.29, 1.82) is 0 Å². The van der Waals surface area contributed by atoms with Crippen LogP contribution < -0.4 is 5.32 Å². The number of hydrogen-bond donors (Lipinski definition) is 1. The summed E-state index contributed by atoms with van der Waals surface area (Å²) in [5, 5.41) is 7.36. The predicted molar refractivity (Wildman–Crippen MR) is 59.0 cm³/mol. The number of hydrogen-bond acceptors (Lipinski definition) is 4. The molecular formula is C10H19N3O2. The van der Waals surface area contributed by atoms with Crippen molar-refractivity contribution in [2.45, 2.75) is 6.42 Å². The van der Waals surface area contributed by atoms with Crippen LogP contribution in [0.1, 0.15) is 6.42 Å². The molecule has 0 spiro atoms. The minimum atomic E-state index is 0.695. The molecule has 1 aromatic rings. The van der Waals surface area contributed by atoms with E-state index in [1.807, 2.05) is 19.3 Å². The molecule has 5 nitrogen and oxygen atoms in total. The van der Waals surface area contributed by atoms with Crippen molar-refractivity contribution in [2.75, 3.05) is 38.8 Å². The lowest BCUT2D eigenvalue weighted by Gasteiger charge is -2.04. The molecule has 86 valence electrons. The fourth-order valence-corrected chi connectivity index (χ4v) is 1.17. The van der Waals surface area contributed by atoms with Crippen LogP contribution in [-0.2, 0) is 16.5 Å². The van der Waals surface area contributed by atoms with Crippen molar-refractivity contribution in [3.05, 3.63) is 12.3 Å². The van der Waals surface area contributed by atoms with Gasteiger partial charge in [-0.3, -0.25) is 4.68 Å². The molecule has 0 fully saturated rings. The van der Waals surface area contributed by atoms with E-state index in [1.54, 1.807) is 11.8 Å². The minimum Gasteiger partial charge on any atom is -0.385 e. The Morgan fingerprint density at radius 1 is 1.40 bits per heavy atom. The third-order valence-corrected chi connectivity index (χ3v) is 1.90. The van der Waals surface area contributed by atoms with E-state index < -0.39 is 0 Å². The lowest BCUT2D eigenvalue weighted by atomic mass is 10.5. The maximum atomic E-state index is 5.39. The summed E-state index contributed by atoms with van der Waals surface area (Å²) in [6.45, 7) is 2.98. The molecule has 0 amide bonds. The minimum absolute atomic E-state index is 0.695. The highest BCUT2D eigenvalue weighted by molar-refractivity contribution is 5.31. The number of nitrogens with one attached hydrogen (secondary N) is 1. The van der Waals surface area contributed by atoms with Gasteiger partial charge in [-0.1, -0.05) is 0 Å². The lowest BCUT2D eigenvalue weighted by Crippen LogP contribution is -2.11. The molecule has 0 saturated carbocycles. The van der Waals surface area contributed by atoms with E-state index in [0.717, 1.165) is 32.0 Å². The van der Waals surface area contributed by atoms with E-state index in [4.69, 9.17) is 9.47 Å². The lowest BCUT2D eigenvalue weighted by molar-refractivity contribution is 0.109. The van der Waals surface area contributed by atoms with Gasteiger partial charge in [-0.2, -0.15) is 5.10 Å². The van der Waals surface area contributed by atoms with Gasteiger partial charge < -0.3 is 14.8 Å². The summed E-state index contributed by atoms with van der Waals surface area (Å²) in [7, 11) is 3.59. The molecule has 0 aliphatic carbocycles. The van der Waals surface area contributed by atoms with E-state index in [1.165, 1.54) is 0 Å². The zero-order valence-electron chi connectivity index (χ0n) is 9.40. The molecule has 1 rings (SSSR count). The van der Waals surface area contributed by atoms with Gasteiger partial charge >= 0.3 is 0 Å². The average molecular weight is 213 g/mol. The van der Waals surface area contributed by atoms with Crippen LogP contribution in [0.15, 0.2) is 12.3 Å². The summed E-state index contributed by atoms with van der Waals surface area (Å²) < 4.78 is 12.1. The second-order valence-corrected chi connectivity index (χ2v) is 3.26. The second-order valence-electron chi connectivity index (χ2n) is 3.26. The largest absolute Gasteiger partial charge is 0.385 e. The number of anilines is 1. The average Bonchev–Trinajstić information content (AvgIpc) is 2.63. The maximum Gasteiger partial charge on any atom is 0.148 e. The molecule has 5 heteroatoms. The Bertz CT molecular complexity index is 263. The summed E-state index contributed by atoms with van der Waals surface area (Å²) in [4.78, 5) is 0. The first kappa shape index (κ1) is 12.0. The molecule has 15 heavy (non-hydrogen) atoms.